The molecule has 90 valence electrons. The lowest BCUT2D eigenvalue weighted by atomic mass is 9.88. The molecule has 0 spiro atoms. The van der Waals surface area contributed by atoms with E-state index in [0.717, 1.165) is 19.3 Å². The van der Waals surface area contributed by atoms with E-state index in [2.05, 4.69) is 12.3 Å². The van der Waals surface area contributed by atoms with Crippen LogP contribution in [0.5, 0.6) is 0 Å². The largest absolute Gasteiger partial charge is 0.377 e. The molecule has 3 heteroatoms. The normalized spacial score (nSPS) is 21.8. The standard InChI is InChI=1S/C12H26N2O/c1-3-4-5-8-11(14-13)12(15-2)9-6-7-10-12/h11,14H,3-10,13H2,1-2H3. The van der Waals surface area contributed by atoms with Gasteiger partial charge >= 0.3 is 0 Å². The van der Waals surface area contributed by atoms with Gasteiger partial charge in [0.2, 0.25) is 0 Å². The zero-order chi connectivity index (χ0) is 11.1. The predicted octanol–water partition coefficient (Wildman–Crippen LogP) is 2.36. The molecule has 1 atom stereocenters. The molecule has 0 amide bonds. The number of hydrogen-bond acceptors (Lipinski definition) is 3. The van der Waals surface area contributed by atoms with Gasteiger partial charge in [-0.2, -0.15) is 0 Å². The molecule has 3 N–H and O–H groups in total. The highest BCUT2D eigenvalue weighted by Gasteiger charge is 2.40. The second-order valence-electron chi connectivity index (χ2n) is 4.69. The third-order valence-corrected chi connectivity index (χ3v) is 3.79. The predicted molar refractivity (Wildman–Crippen MR) is 63.5 cm³/mol. The van der Waals surface area contributed by atoms with Gasteiger partial charge in [0.25, 0.3) is 0 Å². The number of nitrogens with one attached hydrogen (secondary N) is 1. The van der Waals surface area contributed by atoms with Gasteiger partial charge in [-0.1, -0.05) is 39.0 Å². The van der Waals surface area contributed by atoms with Gasteiger partial charge in [-0.25, -0.2) is 0 Å². The maximum atomic E-state index is 5.74. The molecule has 1 saturated carbocycles. The number of ether oxygens (including phenoxy) is 1. The molecule has 1 fully saturated rings. The van der Waals surface area contributed by atoms with Crippen LogP contribution in [0.25, 0.3) is 0 Å². The van der Waals surface area contributed by atoms with Crippen LogP contribution in [0, 0.1) is 0 Å². The van der Waals surface area contributed by atoms with Crippen LogP contribution in [-0.2, 0) is 4.74 Å². The molecule has 0 bridgehead atoms. The maximum absolute atomic E-state index is 5.74. The number of nitrogens with two attached hydrogens (primary N) is 1. The fraction of sp³-hybridized carbons (Fsp3) is 1.00. The topological polar surface area (TPSA) is 47.3 Å². The Labute approximate surface area is 93.7 Å². The number of hydrogen-bond donors (Lipinski definition) is 2. The smallest absolute Gasteiger partial charge is 0.0844 e. The molecule has 0 aliphatic heterocycles. The first kappa shape index (κ1) is 12.9. The van der Waals surface area contributed by atoms with Crippen molar-refractivity contribution in [3.8, 4) is 0 Å². The average Bonchev–Trinajstić information content (AvgIpc) is 2.74. The van der Waals surface area contributed by atoms with Gasteiger partial charge in [0.1, 0.15) is 0 Å². The van der Waals surface area contributed by atoms with Gasteiger partial charge in [0.15, 0.2) is 0 Å². The van der Waals surface area contributed by atoms with E-state index in [1.54, 1.807) is 0 Å². The molecule has 1 aliphatic carbocycles. The third-order valence-electron chi connectivity index (χ3n) is 3.79. The molecule has 0 aromatic rings. The van der Waals surface area contributed by atoms with Crippen molar-refractivity contribution in [2.24, 2.45) is 5.84 Å². The van der Waals surface area contributed by atoms with Crippen LogP contribution in [0.3, 0.4) is 0 Å². The van der Waals surface area contributed by atoms with Crippen LogP contribution in [0.15, 0.2) is 0 Å². The molecule has 0 radical (unpaired) electrons. The van der Waals surface area contributed by atoms with E-state index >= 15 is 0 Å². The summed E-state index contributed by atoms with van der Waals surface area (Å²) in [5.74, 6) is 5.67. The number of methoxy groups -OCH3 is 1. The highest BCUT2D eigenvalue weighted by molar-refractivity contribution is 4.95. The first-order chi connectivity index (χ1) is 7.29. The van der Waals surface area contributed by atoms with Crippen LogP contribution >= 0.6 is 0 Å². The Balaban J connectivity index is 2.46. The summed E-state index contributed by atoms with van der Waals surface area (Å²) in [5, 5.41) is 0. The van der Waals surface area contributed by atoms with Gasteiger partial charge < -0.3 is 4.74 Å². The molecule has 0 aromatic carbocycles. The van der Waals surface area contributed by atoms with Gasteiger partial charge in [0, 0.05) is 7.11 Å². The van der Waals surface area contributed by atoms with Gasteiger partial charge in [-0.15, -0.1) is 0 Å². The lowest BCUT2D eigenvalue weighted by Gasteiger charge is -2.36. The Morgan fingerprint density at radius 2 is 2.00 bits per heavy atom. The van der Waals surface area contributed by atoms with E-state index in [4.69, 9.17) is 10.6 Å². The average molecular weight is 214 g/mol. The van der Waals surface area contributed by atoms with E-state index in [1.165, 1.54) is 32.1 Å². The van der Waals surface area contributed by atoms with Crippen molar-refractivity contribution in [2.45, 2.75) is 69.9 Å². The summed E-state index contributed by atoms with van der Waals surface area (Å²) in [6.45, 7) is 2.23. The molecule has 0 heterocycles. The van der Waals surface area contributed by atoms with Crippen molar-refractivity contribution < 1.29 is 4.74 Å². The van der Waals surface area contributed by atoms with E-state index in [-0.39, 0.29) is 5.60 Å². The Bertz CT molecular complexity index is 167. The molecule has 0 saturated heterocycles. The second-order valence-corrected chi connectivity index (χ2v) is 4.69. The maximum Gasteiger partial charge on any atom is 0.0844 e. The summed E-state index contributed by atoms with van der Waals surface area (Å²) in [7, 11) is 1.83. The molecular weight excluding hydrogens is 188 g/mol. The van der Waals surface area contributed by atoms with Crippen molar-refractivity contribution >= 4 is 0 Å². The van der Waals surface area contributed by atoms with Crippen LogP contribution in [0.2, 0.25) is 0 Å². The summed E-state index contributed by atoms with van der Waals surface area (Å²) < 4.78 is 5.74. The molecule has 15 heavy (non-hydrogen) atoms. The monoisotopic (exact) mass is 214 g/mol. The van der Waals surface area contributed by atoms with Crippen LogP contribution < -0.4 is 11.3 Å². The lowest BCUT2D eigenvalue weighted by Crippen LogP contribution is -2.53. The van der Waals surface area contributed by atoms with Crippen molar-refractivity contribution in [1.29, 1.82) is 0 Å². The van der Waals surface area contributed by atoms with Crippen LogP contribution in [0.4, 0.5) is 0 Å². The quantitative estimate of drug-likeness (QED) is 0.388. The minimum atomic E-state index is 0.0164. The van der Waals surface area contributed by atoms with Crippen molar-refractivity contribution in [2.75, 3.05) is 7.11 Å². The summed E-state index contributed by atoms with van der Waals surface area (Å²) in [6.07, 6.45) is 9.80. The van der Waals surface area contributed by atoms with E-state index in [1.807, 2.05) is 7.11 Å². The second kappa shape index (κ2) is 6.46. The summed E-state index contributed by atoms with van der Waals surface area (Å²) in [4.78, 5) is 0. The summed E-state index contributed by atoms with van der Waals surface area (Å²) in [6, 6.07) is 0.330. The minimum Gasteiger partial charge on any atom is -0.377 e. The Morgan fingerprint density at radius 3 is 2.47 bits per heavy atom. The zero-order valence-corrected chi connectivity index (χ0v) is 10.2. The van der Waals surface area contributed by atoms with E-state index in [9.17, 15) is 0 Å². The van der Waals surface area contributed by atoms with E-state index in [0.29, 0.717) is 6.04 Å². The minimum absolute atomic E-state index is 0.0164. The lowest BCUT2D eigenvalue weighted by molar-refractivity contribution is -0.0384. The highest BCUT2D eigenvalue weighted by atomic mass is 16.5. The number of unbranched alkanes of at least 4 members (excludes halogenated alkanes) is 2. The SMILES string of the molecule is CCCCCC(NN)C1(OC)CCCC1. The molecule has 1 unspecified atom stereocenters. The molecule has 3 nitrogen and oxygen atoms in total. The molecule has 1 aliphatic rings. The third kappa shape index (κ3) is 3.16. The molecular formula is C12H26N2O. The van der Waals surface area contributed by atoms with Crippen LogP contribution in [0.1, 0.15) is 58.3 Å². The summed E-state index contributed by atoms with van der Waals surface area (Å²) >= 11 is 0. The number of hydrazine groups is 1. The van der Waals surface area contributed by atoms with Gasteiger partial charge in [0.05, 0.1) is 11.6 Å². The first-order valence-electron chi connectivity index (χ1n) is 6.30. The molecule has 0 aromatic heterocycles. The van der Waals surface area contributed by atoms with Crippen molar-refractivity contribution in [1.82, 2.24) is 5.43 Å². The Hall–Kier alpha value is -0.120. The first-order valence-corrected chi connectivity index (χ1v) is 6.30. The Kier molecular flexibility index (Phi) is 5.58. The summed E-state index contributed by atoms with van der Waals surface area (Å²) in [5.41, 5.74) is 2.99. The highest BCUT2D eigenvalue weighted by Crippen LogP contribution is 2.37. The van der Waals surface area contributed by atoms with E-state index < -0.39 is 0 Å². The van der Waals surface area contributed by atoms with Crippen LogP contribution in [-0.4, -0.2) is 18.8 Å². The number of rotatable bonds is 7. The van der Waals surface area contributed by atoms with Gasteiger partial charge in [-0.05, 0) is 19.3 Å². The zero-order valence-electron chi connectivity index (χ0n) is 10.2. The van der Waals surface area contributed by atoms with Crippen molar-refractivity contribution in [3.05, 3.63) is 0 Å². The van der Waals surface area contributed by atoms with Gasteiger partial charge in [-0.3, -0.25) is 11.3 Å². The fourth-order valence-electron chi connectivity index (χ4n) is 2.77. The fourth-order valence-corrected chi connectivity index (χ4v) is 2.77. The Morgan fingerprint density at radius 1 is 1.33 bits per heavy atom. The van der Waals surface area contributed by atoms with Crippen molar-refractivity contribution in [3.63, 3.8) is 0 Å². The molecule has 1 rings (SSSR count).